The number of benzene rings is 1. The topological polar surface area (TPSA) is 92.3 Å². The van der Waals surface area contributed by atoms with Crippen LogP contribution in [-0.4, -0.2) is 59.2 Å². The Morgan fingerprint density at radius 2 is 1.91 bits per heavy atom. The average Bonchev–Trinajstić information content (AvgIpc) is 3.23. The van der Waals surface area contributed by atoms with Crippen molar-refractivity contribution < 1.29 is 33.3 Å². The number of alkyl halides is 3. The molecule has 3 rings (SSSR count). The van der Waals surface area contributed by atoms with Gasteiger partial charge in [-0.25, -0.2) is 0 Å². The zero-order valence-electron chi connectivity index (χ0n) is 19.1. The van der Waals surface area contributed by atoms with Crippen molar-refractivity contribution in [3.63, 3.8) is 0 Å². The Balaban J connectivity index is 1.85. The lowest BCUT2D eigenvalue weighted by atomic mass is 9.80. The van der Waals surface area contributed by atoms with Gasteiger partial charge in [0.1, 0.15) is 17.7 Å². The first kappa shape index (κ1) is 27.2. The summed E-state index contributed by atoms with van der Waals surface area (Å²) < 4.78 is 26.5. The van der Waals surface area contributed by atoms with Crippen LogP contribution >= 0.6 is 34.8 Å². The lowest BCUT2D eigenvalue weighted by Crippen LogP contribution is -2.64. The second kappa shape index (κ2) is 10.7. The standard InChI is InChI=1S/C23H28Cl3NO7/c1-5-22(27-20(29)23(24,25)26)16(32-19-17(22)33-21(2,3)34-19)15(18(28)30-4)11-12-31-13-14-9-7-6-8-10-14/h5-10,15-17,19H,1,11-13H2,2-4H3,(H,27,29)/t15-,16+,17+,19-,22+/m1/s1. The second-order valence-corrected chi connectivity index (χ2v) is 10.8. The predicted octanol–water partition coefficient (Wildman–Crippen LogP) is 3.67. The smallest absolute Gasteiger partial charge is 0.311 e. The Bertz CT molecular complexity index is 892. The van der Waals surface area contributed by atoms with E-state index in [0.29, 0.717) is 6.61 Å². The number of hydrogen-bond donors (Lipinski definition) is 1. The minimum Gasteiger partial charge on any atom is -0.469 e. The molecule has 0 aromatic heterocycles. The molecule has 34 heavy (non-hydrogen) atoms. The van der Waals surface area contributed by atoms with Gasteiger partial charge in [-0.05, 0) is 25.8 Å². The molecule has 0 aliphatic carbocycles. The van der Waals surface area contributed by atoms with E-state index in [1.807, 2.05) is 30.3 Å². The molecule has 1 aromatic rings. The fourth-order valence-electron chi connectivity index (χ4n) is 4.21. The van der Waals surface area contributed by atoms with Gasteiger partial charge in [-0.3, -0.25) is 9.59 Å². The molecule has 1 N–H and O–H groups in total. The van der Waals surface area contributed by atoms with E-state index in [1.165, 1.54) is 13.2 Å². The van der Waals surface area contributed by atoms with Gasteiger partial charge in [0, 0.05) is 6.61 Å². The summed E-state index contributed by atoms with van der Waals surface area (Å²) in [6, 6.07) is 9.61. The summed E-state index contributed by atoms with van der Waals surface area (Å²) in [5.74, 6) is -3.39. The summed E-state index contributed by atoms with van der Waals surface area (Å²) in [7, 11) is 1.27. The van der Waals surface area contributed by atoms with Crippen LogP contribution in [0.3, 0.4) is 0 Å². The Kier molecular flexibility index (Phi) is 8.56. The van der Waals surface area contributed by atoms with Crippen LogP contribution in [0.4, 0.5) is 0 Å². The van der Waals surface area contributed by atoms with Crippen LogP contribution in [0.15, 0.2) is 43.0 Å². The van der Waals surface area contributed by atoms with E-state index in [-0.39, 0.29) is 13.0 Å². The third kappa shape index (κ3) is 5.87. The van der Waals surface area contributed by atoms with E-state index in [1.54, 1.807) is 13.8 Å². The molecule has 0 saturated carbocycles. The molecule has 2 saturated heterocycles. The highest BCUT2D eigenvalue weighted by atomic mass is 35.6. The van der Waals surface area contributed by atoms with Crippen LogP contribution in [0.2, 0.25) is 0 Å². The van der Waals surface area contributed by atoms with Gasteiger partial charge >= 0.3 is 5.97 Å². The number of rotatable bonds is 9. The average molecular weight is 537 g/mol. The number of esters is 1. The molecule has 0 radical (unpaired) electrons. The van der Waals surface area contributed by atoms with Crippen LogP contribution in [0.5, 0.6) is 0 Å². The minimum absolute atomic E-state index is 0.211. The fourth-order valence-corrected chi connectivity index (χ4v) is 4.35. The van der Waals surface area contributed by atoms with Crippen LogP contribution in [-0.2, 0) is 39.9 Å². The van der Waals surface area contributed by atoms with Crippen molar-refractivity contribution in [3.8, 4) is 0 Å². The van der Waals surface area contributed by atoms with Gasteiger partial charge in [0.05, 0.1) is 19.6 Å². The first-order valence-electron chi connectivity index (χ1n) is 10.7. The molecule has 0 spiro atoms. The Morgan fingerprint density at radius 3 is 2.50 bits per heavy atom. The maximum Gasteiger partial charge on any atom is 0.311 e. The minimum atomic E-state index is -2.27. The molecule has 2 aliphatic heterocycles. The largest absolute Gasteiger partial charge is 0.469 e. The molecular weight excluding hydrogens is 509 g/mol. The number of nitrogens with one attached hydrogen (secondary N) is 1. The number of hydrogen-bond acceptors (Lipinski definition) is 7. The molecule has 1 aromatic carbocycles. The first-order chi connectivity index (χ1) is 15.9. The fraction of sp³-hybridized carbons (Fsp3) is 0.565. The van der Waals surface area contributed by atoms with Crippen LogP contribution in [0, 0.1) is 5.92 Å². The van der Waals surface area contributed by atoms with E-state index >= 15 is 0 Å². The highest BCUT2D eigenvalue weighted by Gasteiger charge is 2.66. The second-order valence-electron chi connectivity index (χ2n) is 8.53. The van der Waals surface area contributed by atoms with Crippen LogP contribution < -0.4 is 5.32 Å². The quantitative estimate of drug-likeness (QED) is 0.223. The lowest BCUT2D eigenvalue weighted by Gasteiger charge is -2.39. The van der Waals surface area contributed by atoms with E-state index in [2.05, 4.69) is 11.9 Å². The molecule has 11 heteroatoms. The SMILES string of the molecule is C=C[C@@]1(NC(=O)C(Cl)(Cl)Cl)[C@H]2OC(C)(C)O[C@H]2O[C@H]1[C@@H](CCOCc1ccccc1)C(=O)OC. The number of halogens is 3. The molecule has 1 amide bonds. The molecule has 188 valence electrons. The zero-order valence-corrected chi connectivity index (χ0v) is 21.4. The van der Waals surface area contributed by atoms with Gasteiger partial charge in [0.15, 0.2) is 12.1 Å². The number of carbonyl (C=O) groups excluding carboxylic acids is 2. The van der Waals surface area contributed by atoms with Crippen molar-refractivity contribution in [3.05, 3.63) is 48.6 Å². The van der Waals surface area contributed by atoms with E-state index < -0.39 is 51.4 Å². The Labute approximate surface area is 213 Å². The monoisotopic (exact) mass is 535 g/mol. The number of amides is 1. The predicted molar refractivity (Wildman–Crippen MR) is 126 cm³/mol. The Morgan fingerprint density at radius 1 is 1.24 bits per heavy atom. The van der Waals surface area contributed by atoms with Crippen molar-refractivity contribution in [2.45, 2.75) is 60.5 Å². The van der Waals surface area contributed by atoms with Crippen molar-refractivity contribution in [1.29, 1.82) is 0 Å². The Hall–Kier alpha value is -1.39. The number of carbonyl (C=O) groups is 2. The lowest BCUT2D eigenvalue weighted by molar-refractivity contribution is -0.219. The molecular formula is C23H28Cl3NO7. The highest BCUT2D eigenvalue weighted by molar-refractivity contribution is 6.76. The molecule has 0 bridgehead atoms. The zero-order chi connectivity index (χ0) is 25.1. The number of fused-ring (bicyclic) bond motifs is 1. The normalized spacial score (nSPS) is 28.7. The summed E-state index contributed by atoms with van der Waals surface area (Å²) in [5, 5.41) is 2.69. The van der Waals surface area contributed by atoms with Gasteiger partial charge in [0.2, 0.25) is 0 Å². The summed E-state index contributed by atoms with van der Waals surface area (Å²) in [6.45, 7) is 7.84. The molecule has 2 fully saturated rings. The van der Waals surface area contributed by atoms with E-state index in [9.17, 15) is 9.59 Å². The molecule has 8 nitrogen and oxygen atoms in total. The van der Waals surface area contributed by atoms with Gasteiger partial charge in [0.25, 0.3) is 9.70 Å². The van der Waals surface area contributed by atoms with Crippen LogP contribution in [0.1, 0.15) is 25.8 Å². The van der Waals surface area contributed by atoms with Crippen molar-refractivity contribution >= 4 is 46.7 Å². The maximum absolute atomic E-state index is 12.8. The summed E-state index contributed by atoms with van der Waals surface area (Å²) in [5.41, 5.74) is -0.472. The van der Waals surface area contributed by atoms with Crippen LogP contribution in [0.25, 0.3) is 0 Å². The van der Waals surface area contributed by atoms with Gasteiger partial charge < -0.3 is 29.0 Å². The number of ether oxygens (including phenoxy) is 5. The summed E-state index contributed by atoms with van der Waals surface area (Å²) in [4.78, 5) is 25.5. The van der Waals surface area contributed by atoms with Gasteiger partial charge in [-0.1, -0.05) is 71.2 Å². The van der Waals surface area contributed by atoms with Crippen molar-refractivity contribution in [2.75, 3.05) is 13.7 Å². The molecule has 2 aliphatic rings. The summed E-state index contributed by atoms with van der Waals surface area (Å²) >= 11 is 17.5. The first-order valence-corrected chi connectivity index (χ1v) is 11.8. The van der Waals surface area contributed by atoms with Crippen molar-refractivity contribution in [1.82, 2.24) is 5.32 Å². The highest BCUT2D eigenvalue weighted by Crippen LogP contribution is 2.47. The molecule has 5 atom stereocenters. The third-order valence-corrected chi connectivity index (χ3v) is 6.27. The molecule has 2 heterocycles. The van der Waals surface area contributed by atoms with E-state index in [4.69, 9.17) is 58.5 Å². The maximum atomic E-state index is 12.8. The number of methoxy groups -OCH3 is 1. The van der Waals surface area contributed by atoms with Crippen molar-refractivity contribution in [2.24, 2.45) is 5.92 Å². The molecule has 0 unspecified atom stereocenters. The van der Waals surface area contributed by atoms with Gasteiger partial charge in [-0.15, -0.1) is 6.58 Å². The van der Waals surface area contributed by atoms with E-state index in [0.717, 1.165) is 5.56 Å². The summed E-state index contributed by atoms with van der Waals surface area (Å²) in [6.07, 6.45) is -1.14. The van der Waals surface area contributed by atoms with Gasteiger partial charge in [-0.2, -0.15) is 0 Å². The third-order valence-electron chi connectivity index (χ3n) is 5.76.